The number of carbonyl (C=O) groups excluding carboxylic acids is 1. The standard InChI is InChI=1S/C18H20F2N2O4S/c1-22(12-13-2-4-14(19)5-3-13)18(24)11-21-17-7-6-15(10-16(17)20)27(25,26)9-8-23/h2-7,10,21,23H,8-9,11-12H2,1H3. The first-order chi connectivity index (χ1) is 12.7. The van der Waals surface area contributed by atoms with E-state index in [1.165, 1.54) is 29.2 Å². The number of aliphatic hydroxyl groups is 1. The third kappa shape index (κ3) is 5.73. The Morgan fingerprint density at radius 2 is 1.81 bits per heavy atom. The van der Waals surface area contributed by atoms with Crippen molar-refractivity contribution >= 4 is 21.4 Å². The number of halogens is 2. The highest BCUT2D eigenvalue weighted by molar-refractivity contribution is 7.91. The molecule has 2 rings (SSSR count). The first-order valence-corrected chi connectivity index (χ1v) is 9.73. The van der Waals surface area contributed by atoms with Gasteiger partial charge in [-0.25, -0.2) is 17.2 Å². The summed E-state index contributed by atoms with van der Waals surface area (Å²) in [4.78, 5) is 13.3. The molecule has 146 valence electrons. The molecule has 0 aromatic heterocycles. The average molecular weight is 398 g/mol. The Labute approximate surface area is 156 Å². The van der Waals surface area contributed by atoms with Crippen LogP contribution in [0.3, 0.4) is 0 Å². The van der Waals surface area contributed by atoms with Crippen LogP contribution in [0.1, 0.15) is 5.56 Å². The molecule has 0 heterocycles. The van der Waals surface area contributed by atoms with Gasteiger partial charge >= 0.3 is 0 Å². The fraction of sp³-hybridized carbons (Fsp3) is 0.278. The van der Waals surface area contributed by atoms with Gasteiger partial charge in [0.1, 0.15) is 11.6 Å². The van der Waals surface area contributed by atoms with Crippen LogP contribution in [0, 0.1) is 11.6 Å². The van der Waals surface area contributed by atoms with Crippen molar-refractivity contribution in [2.45, 2.75) is 11.4 Å². The summed E-state index contributed by atoms with van der Waals surface area (Å²) in [5.41, 5.74) is 0.735. The summed E-state index contributed by atoms with van der Waals surface area (Å²) >= 11 is 0. The number of likely N-dealkylation sites (N-methyl/N-ethyl adjacent to an activating group) is 1. The molecule has 0 saturated heterocycles. The third-order valence-electron chi connectivity index (χ3n) is 3.85. The fourth-order valence-electron chi connectivity index (χ4n) is 2.33. The van der Waals surface area contributed by atoms with Gasteiger partial charge in [-0.2, -0.15) is 0 Å². The Morgan fingerprint density at radius 3 is 2.41 bits per heavy atom. The molecule has 0 atom stereocenters. The highest BCUT2D eigenvalue weighted by atomic mass is 32.2. The number of carbonyl (C=O) groups is 1. The molecule has 0 saturated carbocycles. The minimum absolute atomic E-state index is 0.0125. The lowest BCUT2D eigenvalue weighted by molar-refractivity contribution is -0.128. The zero-order valence-corrected chi connectivity index (χ0v) is 15.5. The minimum atomic E-state index is -3.75. The van der Waals surface area contributed by atoms with Crippen molar-refractivity contribution in [2.75, 3.05) is 31.3 Å². The summed E-state index contributed by atoms with van der Waals surface area (Å²) in [7, 11) is -2.19. The minimum Gasteiger partial charge on any atom is -0.395 e. The van der Waals surface area contributed by atoms with E-state index in [2.05, 4.69) is 5.32 Å². The number of hydrogen-bond acceptors (Lipinski definition) is 5. The number of sulfone groups is 1. The molecule has 0 fully saturated rings. The summed E-state index contributed by atoms with van der Waals surface area (Å²) < 4.78 is 50.6. The lowest BCUT2D eigenvalue weighted by Gasteiger charge is -2.18. The monoisotopic (exact) mass is 398 g/mol. The van der Waals surface area contributed by atoms with Crippen molar-refractivity contribution in [1.82, 2.24) is 4.90 Å². The molecule has 2 aromatic carbocycles. The van der Waals surface area contributed by atoms with Crippen LogP contribution >= 0.6 is 0 Å². The van der Waals surface area contributed by atoms with E-state index >= 15 is 0 Å². The zero-order chi connectivity index (χ0) is 20.0. The molecule has 1 amide bonds. The molecular formula is C18H20F2N2O4S. The number of nitrogens with one attached hydrogen (secondary N) is 1. The van der Waals surface area contributed by atoms with Crippen LogP contribution in [-0.4, -0.2) is 50.3 Å². The van der Waals surface area contributed by atoms with Gasteiger partial charge in [0.25, 0.3) is 0 Å². The first kappa shape index (κ1) is 20.8. The van der Waals surface area contributed by atoms with Crippen molar-refractivity contribution in [2.24, 2.45) is 0 Å². The molecule has 0 spiro atoms. The van der Waals surface area contributed by atoms with E-state index in [4.69, 9.17) is 5.11 Å². The van der Waals surface area contributed by atoms with Crippen molar-refractivity contribution in [3.05, 3.63) is 59.7 Å². The van der Waals surface area contributed by atoms with Gasteiger partial charge in [0.05, 0.1) is 29.5 Å². The molecule has 2 N–H and O–H groups in total. The van der Waals surface area contributed by atoms with Crippen molar-refractivity contribution < 1.29 is 27.1 Å². The molecule has 27 heavy (non-hydrogen) atoms. The van der Waals surface area contributed by atoms with Crippen LogP contribution < -0.4 is 5.32 Å². The molecule has 6 nitrogen and oxygen atoms in total. The van der Waals surface area contributed by atoms with Crippen LogP contribution in [0.15, 0.2) is 47.4 Å². The van der Waals surface area contributed by atoms with Crippen LogP contribution in [0.25, 0.3) is 0 Å². The quantitative estimate of drug-likeness (QED) is 0.708. The lowest BCUT2D eigenvalue weighted by atomic mass is 10.2. The maximum Gasteiger partial charge on any atom is 0.241 e. The molecule has 2 aromatic rings. The Hall–Kier alpha value is -2.52. The number of nitrogens with zero attached hydrogens (tertiary/aromatic N) is 1. The van der Waals surface area contributed by atoms with Gasteiger partial charge in [0, 0.05) is 13.6 Å². The maximum absolute atomic E-state index is 14.1. The van der Waals surface area contributed by atoms with Crippen LogP contribution in [0.4, 0.5) is 14.5 Å². The normalized spacial score (nSPS) is 11.3. The summed E-state index contributed by atoms with van der Waals surface area (Å²) in [6.45, 7) is -0.488. The topological polar surface area (TPSA) is 86.7 Å². The maximum atomic E-state index is 14.1. The number of hydrogen-bond donors (Lipinski definition) is 2. The summed E-state index contributed by atoms with van der Waals surface area (Å²) in [5.74, 6) is -2.00. The smallest absolute Gasteiger partial charge is 0.241 e. The number of benzene rings is 2. The summed E-state index contributed by atoms with van der Waals surface area (Å²) in [6, 6.07) is 9.02. The van der Waals surface area contributed by atoms with Crippen molar-refractivity contribution in [1.29, 1.82) is 0 Å². The molecule has 0 aliphatic rings. The number of rotatable bonds is 8. The fourth-order valence-corrected chi connectivity index (χ4v) is 3.36. The second kappa shape index (κ2) is 8.92. The Kier molecular flexibility index (Phi) is 6.86. The molecule has 0 aliphatic carbocycles. The second-order valence-electron chi connectivity index (χ2n) is 5.91. The van der Waals surface area contributed by atoms with Gasteiger partial charge in [-0.05, 0) is 35.9 Å². The molecule has 0 bridgehead atoms. The van der Waals surface area contributed by atoms with E-state index in [1.54, 1.807) is 19.2 Å². The van der Waals surface area contributed by atoms with E-state index in [-0.39, 0.29) is 35.4 Å². The van der Waals surface area contributed by atoms with Crippen LogP contribution in [0.2, 0.25) is 0 Å². The summed E-state index contributed by atoms with van der Waals surface area (Å²) in [5, 5.41) is 11.4. The molecular weight excluding hydrogens is 378 g/mol. The SMILES string of the molecule is CN(Cc1ccc(F)cc1)C(=O)CNc1ccc(S(=O)(=O)CCO)cc1F. The van der Waals surface area contributed by atoms with Gasteiger partial charge < -0.3 is 15.3 Å². The summed E-state index contributed by atoms with van der Waals surface area (Å²) in [6.07, 6.45) is 0. The molecule has 9 heteroatoms. The number of aliphatic hydroxyl groups excluding tert-OH is 1. The first-order valence-electron chi connectivity index (χ1n) is 8.08. The molecule has 0 aliphatic heterocycles. The van der Waals surface area contributed by atoms with Gasteiger partial charge in [-0.1, -0.05) is 12.1 Å². The van der Waals surface area contributed by atoms with Gasteiger partial charge in [0.15, 0.2) is 9.84 Å². The largest absolute Gasteiger partial charge is 0.395 e. The third-order valence-corrected chi connectivity index (χ3v) is 5.54. The van der Waals surface area contributed by atoms with Crippen LogP contribution in [0.5, 0.6) is 0 Å². The molecule has 0 unspecified atom stereocenters. The van der Waals surface area contributed by atoms with E-state index < -0.39 is 28.0 Å². The average Bonchev–Trinajstić information content (AvgIpc) is 2.62. The zero-order valence-electron chi connectivity index (χ0n) is 14.7. The van der Waals surface area contributed by atoms with E-state index in [9.17, 15) is 22.0 Å². The van der Waals surface area contributed by atoms with Gasteiger partial charge in [-0.3, -0.25) is 4.79 Å². The highest BCUT2D eigenvalue weighted by Gasteiger charge is 2.17. The van der Waals surface area contributed by atoms with Gasteiger partial charge in [-0.15, -0.1) is 0 Å². The van der Waals surface area contributed by atoms with E-state index in [0.717, 1.165) is 11.6 Å². The number of anilines is 1. The number of amides is 1. The predicted molar refractivity (Wildman–Crippen MR) is 96.9 cm³/mol. The Balaban J connectivity index is 1.97. The molecule has 0 radical (unpaired) electrons. The van der Waals surface area contributed by atoms with E-state index in [1.807, 2.05) is 0 Å². The Morgan fingerprint density at radius 1 is 1.15 bits per heavy atom. The van der Waals surface area contributed by atoms with E-state index in [0.29, 0.717) is 0 Å². The predicted octanol–water partition coefficient (Wildman–Crippen LogP) is 1.80. The lowest BCUT2D eigenvalue weighted by Crippen LogP contribution is -2.31. The Bertz CT molecular complexity index is 902. The van der Waals surface area contributed by atoms with Crippen LogP contribution in [-0.2, 0) is 21.2 Å². The van der Waals surface area contributed by atoms with Gasteiger partial charge in [0.2, 0.25) is 5.91 Å². The highest BCUT2D eigenvalue weighted by Crippen LogP contribution is 2.20. The second-order valence-corrected chi connectivity index (χ2v) is 8.02. The van der Waals surface area contributed by atoms with Crippen molar-refractivity contribution in [3.63, 3.8) is 0 Å². The van der Waals surface area contributed by atoms with Crippen molar-refractivity contribution in [3.8, 4) is 0 Å².